The van der Waals surface area contributed by atoms with E-state index in [1.807, 2.05) is 33.2 Å². The van der Waals surface area contributed by atoms with E-state index in [0.29, 0.717) is 70.0 Å². The number of esters is 1. The van der Waals surface area contributed by atoms with Crippen molar-refractivity contribution in [1.29, 1.82) is 0 Å². The lowest BCUT2D eigenvalue weighted by Crippen LogP contribution is -2.28. The van der Waals surface area contributed by atoms with Gasteiger partial charge in [0, 0.05) is 106 Å². The van der Waals surface area contributed by atoms with Crippen molar-refractivity contribution in [2.24, 2.45) is 42.3 Å². The fourth-order valence-electron chi connectivity index (χ4n) is 8.43. The highest BCUT2D eigenvalue weighted by Gasteiger charge is 2.22. The summed E-state index contributed by atoms with van der Waals surface area (Å²) < 4.78 is 15.0. The highest BCUT2D eigenvalue weighted by atomic mass is 16.5. The molecular formula is C56H69N15O10. The van der Waals surface area contributed by atoms with E-state index in [1.165, 1.54) is 26.0 Å². The van der Waals surface area contributed by atoms with E-state index in [1.54, 1.807) is 143 Å². The largest absolute Gasteiger partial charge is 0.456 e. The summed E-state index contributed by atoms with van der Waals surface area (Å²) in [5, 5.41) is 22.0. The van der Waals surface area contributed by atoms with E-state index in [2.05, 4.69) is 47.4 Å². The Balaban J connectivity index is 0.000000265. The average molecular weight is 1110 g/mol. The molecule has 428 valence electrons. The number of amides is 8. The lowest BCUT2D eigenvalue weighted by atomic mass is 10.1. The molecule has 0 fully saturated rings. The van der Waals surface area contributed by atoms with Gasteiger partial charge in [0.05, 0.1) is 40.5 Å². The van der Waals surface area contributed by atoms with E-state index < -0.39 is 23.7 Å². The summed E-state index contributed by atoms with van der Waals surface area (Å²) >= 11 is 0. The van der Waals surface area contributed by atoms with Gasteiger partial charge < -0.3 is 79.6 Å². The Hall–Kier alpha value is -9.91. The first kappa shape index (κ1) is 60.3. The maximum atomic E-state index is 13.1. The van der Waals surface area contributed by atoms with Crippen LogP contribution in [0.4, 0.5) is 34.1 Å². The summed E-state index contributed by atoms with van der Waals surface area (Å²) in [6, 6.07) is 16.6. The third-order valence-electron chi connectivity index (χ3n) is 12.3. The molecule has 25 heteroatoms. The van der Waals surface area contributed by atoms with Crippen molar-refractivity contribution in [1.82, 2.24) is 42.9 Å². The summed E-state index contributed by atoms with van der Waals surface area (Å²) in [6.07, 6.45) is 10.9. The molecule has 8 N–H and O–H groups in total. The first-order valence-corrected chi connectivity index (χ1v) is 25.6. The Labute approximate surface area is 468 Å². The Morgan fingerprint density at radius 1 is 0.444 bits per heavy atom. The zero-order valence-corrected chi connectivity index (χ0v) is 47.2. The molecule has 0 aliphatic rings. The molecule has 0 aliphatic heterocycles. The van der Waals surface area contributed by atoms with Gasteiger partial charge in [-0.25, -0.2) is 4.79 Å². The minimum atomic E-state index is -0.564. The van der Waals surface area contributed by atoms with Crippen LogP contribution in [0.1, 0.15) is 101 Å². The number of benzene rings is 1. The molecule has 0 aliphatic carbocycles. The van der Waals surface area contributed by atoms with Gasteiger partial charge in [0.15, 0.2) is 0 Å². The number of hydrogen-bond donors (Lipinski definition) is 8. The summed E-state index contributed by atoms with van der Waals surface area (Å²) in [5.41, 5.74) is 6.27. The number of likely N-dealkylation sites (N-methyl/N-ethyl adjacent to an activating group) is 1. The number of carbonyl (C=O) groups is 9. The maximum absolute atomic E-state index is 13.1. The van der Waals surface area contributed by atoms with Crippen molar-refractivity contribution in [2.75, 3.05) is 65.6 Å². The fourth-order valence-corrected chi connectivity index (χ4v) is 8.43. The lowest BCUT2D eigenvalue weighted by molar-refractivity contribution is -0.120. The molecule has 8 amide bonds. The zero-order chi connectivity index (χ0) is 59.2. The van der Waals surface area contributed by atoms with Gasteiger partial charge in [0.2, 0.25) is 17.7 Å². The molecule has 7 rings (SSSR count). The summed E-state index contributed by atoms with van der Waals surface area (Å²) in [6.45, 7) is 6.68. The number of rotatable bonds is 21. The van der Waals surface area contributed by atoms with Gasteiger partial charge in [-0.05, 0) is 81.5 Å². The summed E-state index contributed by atoms with van der Waals surface area (Å²) in [5.74, 6) is -2.96. The van der Waals surface area contributed by atoms with Gasteiger partial charge >= 0.3 is 5.97 Å². The topological polar surface area (TPSA) is 292 Å². The molecule has 6 heterocycles. The summed E-state index contributed by atoms with van der Waals surface area (Å²) in [4.78, 5) is 113. The minimum absolute atomic E-state index is 0.0439. The van der Waals surface area contributed by atoms with E-state index in [4.69, 9.17) is 4.74 Å². The molecule has 81 heavy (non-hydrogen) atoms. The second-order valence-electron chi connectivity index (χ2n) is 19.5. The predicted molar refractivity (Wildman–Crippen MR) is 306 cm³/mol. The second-order valence-corrected chi connectivity index (χ2v) is 19.5. The van der Waals surface area contributed by atoms with Crippen molar-refractivity contribution in [3.8, 4) is 0 Å². The first-order chi connectivity index (χ1) is 38.4. The highest BCUT2D eigenvalue weighted by molar-refractivity contribution is 6.09. The van der Waals surface area contributed by atoms with Crippen molar-refractivity contribution in [3.63, 3.8) is 0 Å². The van der Waals surface area contributed by atoms with Crippen LogP contribution in [-0.4, -0.2) is 119 Å². The normalized spacial score (nSPS) is 10.8. The quantitative estimate of drug-likeness (QED) is 0.0348. The number of nitrogens with zero attached hydrogens (tertiary/aromatic N) is 7. The Bertz CT molecular complexity index is 3470. The number of nitrogens with one attached hydrogen (secondary N) is 8. The van der Waals surface area contributed by atoms with Gasteiger partial charge in [-0.2, -0.15) is 0 Å². The standard InChI is InChI=1S/C31H35N7O6.C25H34N8O4/c1-6-32-28(40)11-20-7-9-21(10-8-20)18-44-31(43)27-14-24(17-38(27)5)35-30(42)26-13-23(16-37(26)4)34-29(41)25-12-22(15-36(25)3)33-19(2)39;1-16(34)27-17-10-21(32(5)13-17)24(36)29-19-12-22(33(6)15-19)25(37)28-18-11-20(31(4)14-18)23(35)26-8-7-9-30(2)3/h7-10,12-17H,6,11,18H2,1-5H3,(H,32,40)(H,33,39)(H,34,41)(H,35,42);10-15H,7-9H2,1-6H3,(H,26,35)(H,27,34)(H,28,37)(H,29,36). The van der Waals surface area contributed by atoms with Gasteiger partial charge in [-0.15, -0.1) is 0 Å². The van der Waals surface area contributed by atoms with Crippen molar-refractivity contribution in [3.05, 3.63) is 143 Å². The number of carbonyl (C=O) groups excluding carboxylic acids is 9. The second kappa shape index (κ2) is 27.1. The van der Waals surface area contributed by atoms with Gasteiger partial charge in [-0.3, -0.25) is 38.4 Å². The van der Waals surface area contributed by atoms with Gasteiger partial charge in [0.1, 0.15) is 40.8 Å². The average Bonchev–Trinajstić information content (AvgIpc) is 4.33. The maximum Gasteiger partial charge on any atom is 0.355 e. The third-order valence-corrected chi connectivity index (χ3v) is 12.3. The predicted octanol–water partition coefficient (Wildman–Crippen LogP) is 5.05. The Morgan fingerprint density at radius 2 is 0.765 bits per heavy atom. The molecule has 0 spiro atoms. The molecule has 1 aromatic carbocycles. The monoisotopic (exact) mass is 1110 g/mol. The van der Waals surface area contributed by atoms with Crippen LogP contribution in [0.3, 0.4) is 0 Å². The molecule has 6 aromatic heterocycles. The van der Waals surface area contributed by atoms with Crippen molar-refractivity contribution >= 4 is 87.4 Å². The number of ether oxygens (including phenoxy) is 1. The Kier molecular flexibility index (Phi) is 20.2. The van der Waals surface area contributed by atoms with Crippen LogP contribution < -0.4 is 42.5 Å². The zero-order valence-electron chi connectivity index (χ0n) is 47.2. The third kappa shape index (κ3) is 16.8. The van der Waals surface area contributed by atoms with E-state index >= 15 is 0 Å². The fraction of sp³-hybridized carbons (Fsp3) is 0.304. The lowest BCUT2D eigenvalue weighted by Gasteiger charge is -2.10. The number of anilines is 6. The smallest absolute Gasteiger partial charge is 0.355 e. The molecule has 0 bridgehead atoms. The van der Waals surface area contributed by atoms with Crippen LogP contribution in [0, 0.1) is 0 Å². The van der Waals surface area contributed by atoms with Crippen LogP contribution in [-0.2, 0) is 74.4 Å². The number of aromatic nitrogens is 6. The summed E-state index contributed by atoms with van der Waals surface area (Å²) in [7, 11) is 14.1. The molecule has 0 saturated carbocycles. The molecular weight excluding hydrogens is 1040 g/mol. The molecule has 0 atom stereocenters. The van der Waals surface area contributed by atoms with Crippen LogP contribution in [0.15, 0.2) is 97.8 Å². The highest BCUT2D eigenvalue weighted by Crippen LogP contribution is 2.23. The van der Waals surface area contributed by atoms with Crippen LogP contribution in [0.25, 0.3) is 0 Å². The molecule has 7 aromatic rings. The molecule has 25 nitrogen and oxygen atoms in total. The van der Waals surface area contributed by atoms with Crippen molar-refractivity contribution < 1.29 is 47.9 Å². The number of aryl methyl sites for hydroxylation is 6. The number of hydrogen-bond acceptors (Lipinski definition) is 11. The van der Waals surface area contributed by atoms with E-state index in [-0.39, 0.29) is 54.0 Å². The van der Waals surface area contributed by atoms with Crippen LogP contribution >= 0.6 is 0 Å². The van der Waals surface area contributed by atoms with Gasteiger partial charge in [-0.1, -0.05) is 24.3 Å². The first-order valence-electron chi connectivity index (χ1n) is 25.6. The van der Waals surface area contributed by atoms with Gasteiger partial charge in [0.25, 0.3) is 29.5 Å². The van der Waals surface area contributed by atoms with Crippen LogP contribution in [0.5, 0.6) is 0 Å². The van der Waals surface area contributed by atoms with Crippen molar-refractivity contribution in [2.45, 2.75) is 40.2 Å². The Morgan fingerprint density at radius 3 is 1.11 bits per heavy atom. The minimum Gasteiger partial charge on any atom is -0.456 e. The molecule has 0 saturated heterocycles. The SMILES string of the molecule is CC(=O)Nc1cc(C(=O)Nc2cc(C(=O)Nc3cc(C(=O)NCCCN(C)C)n(C)c3)n(C)c2)n(C)c1.CCNC(=O)Cc1ccc(COC(=O)c2cc(NC(=O)c3cc(NC(=O)c4cc(NC(C)=O)cn4C)cn3C)cn2C)cc1. The van der Waals surface area contributed by atoms with E-state index in [0.717, 1.165) is 24.1 Å². The van der Waals surface area contributed by atoms with E-state index in [9.17, 15) is 43.2 Å². The molecule has 0 unspecified atom stereocenters. The molecule has 0 radical (unpaired) electrons. The van der Waals surface area contributed by atoms with Crippen LogP contribution in [0.2, 0.25) is 0 Å².